The largest absolute Gasteiger partial charge is 0.346 e. The molecule has 2 aromatic heterocycles. The molecule has 6 heteroatoms. The van der Waals surface area contributed by atoms with E-state index in [1.54, 1.807) is 12.3 Å². The molecule has 0 atom stereocenters. The number of nitrogens with one attached hydrogen (secondary N) is 2. The van der Waals surface area contributed by atoms with Gasteiger partial charge in [0, 0.05) is 23.3 Å². The summed E-state index contributed by atoms with van der Waals surface area (Å²) in [5, 5.41) is 1.04. The van der Waals surface area contributed by atoms with Crippen molar-refractivity contribution < 1.29 is 8.42 Å². The topological polar surface area (TPSA) is 74.8 Å². The smallest absolute Gasteiger partial charge is 0.229 e. The number of hydrogen-bond donors (Lipinski definition) is 2. The predicted octanol–water partition coefficient (Wildman–Crippen LogP) is 2.91. The number of pyridine rings is 1. The Balaban J connectivity index is 2.06. The molecule has 0 amide bonds. The lowest BCUT2D eigenvalue weighted by molar-refractivity contribution is 0.607. The van der Waals surface area contributed by atoms with Gasteiger partial charge < -0.3 is 4.98 Å². The third kappa shape index (κ3) is 2.75. The molecule has 2 heterocycles. The van der Waals surface area contributed by atoms with Gasteiger partial charge in [0.2, 0.25) is 10.0 Å². The summed E-state index contributed by atoms with van der Waals surface area (Å²) in [6, 6.07) is 9.54. The molecule has 0 aliphatic heterocycles. The van der Waals surface area contributed by atoms with Crippen LogP contribution in [0.2, 0.25) is 0 Å². The second kappa shape index (κ2) is 4.89. The molecule has 21 heavy (non-hydrogen) atoms. The maximum atomic E-state index is 11.3. The summed E-state index contributed by atoms with van der Waals surface area (Å²) in [5.74, 6) is 0. The van der Waals surface area contributed by atoms with Gasteiger partial charge in [-0.3, -0.25) is 4.72 Å². The minimum Gasteiger partial charge on any atom is -0.346 e. The van der Waals surface area contributed by atoms with Gasteiger partial charge in [-0.15, -0.1) is 0 Å². The number of hydrogen-bond acceptors (Lipinski definition) is 3. The molecule has 0 fully saturated rings. The first-order chi connectivity index (χ1) is 9.94. The third-order valence-electron chi connectivity index (χ3n) is 3.28. The first-order valence-corrected chi connectivity index (χ1v) is 8.34. The first-order valence-electron chi connectivity index (χ1n) is 6.45. The lowest BCUT2D eigenvalue weighted by Crippen LogP contribution is -2.10. The number of H-pyrrole nitrogens is 1. The number of fused-ring (bicyclic) bond motifs is 1. The Morgan fingerprint density at radius 3 is 2.76 bits per heavy atom. The quantitative estimate of drug-likeness (QED) is 0.781. The minimum atomic E-state index is -3.27. The van der Waals surface area contributed by atoms with E-state index in [-0.39, 0.29) is 0 Å². The fraction of sp³-hybridized carbons (Fsp3) is 0.133. The Labute approximate surface area is 123 Å². The average Bonchev–Trinajstić information content (AvgIpc) is 2.83. The molecule has 0 aliphatic rings. The average molecular weight is 301 g/mol. The van der Waals surface area contributed by atoms with E-state index in [0.29, 0.717) is 5.69 Å². The minimum absolute atomic E-state index is 0.596. The maximum absolute atomic E-state index is 11.3. The van der Waals surface area contributed by atoms with E-state index in [9.17, 15) is 8.42 Å². The molecular formula is C15H15N3O2S. The Kier molecular flexibility index (Phi) is 3.17. The van der Waals surface area contributed by atoms with Gasteiger partial charge in [0.1, 0.15) is 5.65 Å². The summed E-state index contributed by atoms with van der Waals surface area (Å²) in [6.07, 6.45) is 4.80. The van der Waals surface area contributed by atoms with Gasteiger partial charge in [-0.25, -0.2) is 13.4 Å². The number of anilines is 1. The van der Waals surface area contributed by atoms with Crippen molar-refractivity contribution in [2.24, 2.45) is 0 Å². The number of nitrogens with zero attached hydrogens (tertiary/aromatic N) is 1. The van der Waals surface area contributed by atoms with E-state index in [1.807, 2.05) is 37.4 Å². The molecule has 1 aromatic carbocycles. The van der Waals surface area contributed by atoms with Crippen LogP contribution in [0.4, 0.5) is 5.69 Å². The van der Waals surface area contributed by atoms with Crippen LogP contribution in [0.3, 0.4) is 0 Å². The highest BCUT2D eigenvalue weighted by Gasteiger charge is 2.09. The number of rotatable bonds is 3. The molecule has 0 radical (unpaired) electrons. The highest BCUT2D eigenvalue weighted by Crippen LogP contribution is 2.30. The van der Waals surface area contributed by atoms with Crippen molar-refractivity contribution in [2.45, 2.75) is 6.92 Å². The zero-order valence-corrected chi connectivity index (χ0v) is 12.5. The molecule has 2 N–H and O–H groups in total. The van der Waals surface area contributed by atoms with Gasteiger partial charge in [-0.05, 0) is 42.3 Å². The zero-order valence-electron chi connectivity index (χ0n) is 11.7. The second-order valence-corrected chi connectivity index (χ2v) is 6.75. The highest BCUT2D eigenvalue weighted by molar-refractivity contribution is 7.92. The molecule has 0 saturated heterocycles. The van der Waals surface area contributed by atoms with E-state index in [2.05, 4.69) is 14.7 Å². The summed E-state index contributed by atoms with van der Waals surface area (Å²) in [6.45, 7) is 1.88. The standard InChI is InChI=1S/C15H15N3O2S/c1-10-8-11(5-6-14(10)18-21(2,19)20)13-9-17-15-12(13)4-3-7-16-15/h3-9,18H,1-2H3,(H,16,17). The van der Waals surface area contributed by atoms with Crippen LogP contribution in [0.25, 0.3) is 22.2 Å². The maximum Gasteiger partial charge on any atom is 0.229 e. The number of aryl methyl sites for hydroxylation is 1. The number of aromatic amines is 1. The van der Waals surface area contributed by atoms with Crippen molar-refractivity contribution in [3.05, 3.63) is 48.3 Å². The summed E-state index contributed by atoms with van der Waals surface area (Å²) in [4.78, 5) is 7.40. The zero-order chi connectivity index (χ0) is 15.0. The molecule has 0 aliphatic carbocycles. The van der Waals surface area contributed by atoms with Crippen molar-refractivity contribution in [2.75, 3.05) is 11.0 Å². The van der Waals surface area contributed by atoms with E-state index in [4.69, 9.17) is 0 Å². The van der Waals surface area contributed by atoms with Crippen molar-refractivity contribution in [3.8, 4) is 11.1 Å². The van der Waals surface area contributed by atoms with Crippen LogP contribution in [0.1, 0.15) is 5.56 Å². The highest BCUT2D eigenvalue weighted by atomic mass is 32.2. The fourth-order valence-corrected chi connectivity index (χ4v) is 2.97. The van der Waals surface area contributed by atoms with E-state index in [1.165, 1.54) is 0 Å². The van der Waals surface area contributed by atoms with Crippen LogP contribution in [0, 0.1) is 6.92 Å². The van der Waals surface area contributed by atoms with Gasteiger partial charge in [-0.2, -0.15) is 0 Å². The van der Waals surface area contributed by atoms with Crippen LogP contribution < -0.4 is 4.72 Å². The van der Waals surface area contributed by atoms with Gasteiger partial charge in [-0.1, -0.05) is 6.07 Å². The van der Waals surface area contributed by atoms with Crippen LogP contribution in [-0.4, -0.2) is 24.6 Å². The van der Waals surface area contributed by atoms with Crippen molar-refractivity contribution in [3.63, 3.8) is 0 Å². The van der Waals surface area contributed by atoms with Crippen LogP contribution >= 0.6 is 0 Å². The summed E-state index contributed by atoms with van der Waals surface area (Å²) >= 11 is 0. The first kappa shape index (κ1) is 13.6. The SMILES string of the molecule is Cc1cc(-c2c[nH]c3ncccc23)ccc1NS(C)(=O)=O. The van der Waals surface area contributed by atoms with Crippen molar-refractivity contribution >= 4 is 26.7 Å². The monoisotopic (exact) mass is 301 g/mol. The second-order valence-electron chi connectivity index (χ2n) is 5.01. The number of sulfonamides is 1. The molecule has 0 saturated carbocycles. The molecular weight excluding hydrogens is 286 g/mol. The van der Waals surface area contributed by atoms with Crippen LogP contribution in [0.5, 0.6) is 0 Å². The predicted molar refractivity (Wildman–Crippen MR) is 84.7 cm³/mol. The molecule has 0 unspecified atom stereocenters. The Morgan fingerprint density at radius 1 is 1.24 bits per heavy atom. The van der Waals surface area contributed by atoms with Crippen molar-refractivity contribution in [1.29, 1.82) is 0 Å². The van der Waals surface area contributed by atoms with Gasteiger partial charge in [0.05, 0.1) is 11.9 Å². The lowest BCUT2D eigenvalue weighted by atomic mass is 10.0. The van der Waals surface area contributed by atoms with E-state index < -0.39 is 10.0 Å². The fourth-order valence-electron chi connectivity index (χ4n) is 2.34. The van der Waals surface area contributed by atoms with Gasteiger partial charge in [0.15, 0.2) is 0 Å². The van der Waals surface area contributed by atoms with Crippen LogP contribution in [0.15, 0.2) is 42.7 Å². The van der Waals surface area contributed by atoms with Gasteiger partial charge in [0.25, 0.3) is 0 Å². The summed E-state index contributed by atoms with van der Waals surface area (Å²) in [7, 11) is -3.27. The third-order valence-corrected chi connectivity index (χ3v) is 3.87. The Morgan fingerprint density at radius 2 is 2.05 bits per heavy atom. The van der Waals surface area contributed by atoms with E-state index in [0.717, 1.165) is 34.0 Å². The molecule has 3 rings (SSSR count). The van der Waals surface area contributed by atoms with Crippen LogP contribution in [-0.2, 0) is 10.0 Å². The Bertz CT molecular complexity index is 914. The number of aromatic nitrogens is 2. The van der Waals surface area contributed by atoms with E-state index >= 15 is 0 Å². The van der Waals surface area contributed by atoms with Crippen molar-refractivity contribution in [1.82, 2.24) is 9.97 Å². The number of benzene rings is 1. The molecule has 5 nitrogen and oxygen atoms in total. The summed E-state index contributed by atoms with van der Waals surface area (Å²) < 4.78 is 25.1. The molecule has 0 bridgehead atoms. The van der Waals surface area contributed by atoms with Gasteiger partial charge >= 0.3 is 0 Å². The Hall–Kier alpha value is -2.34. The lowest BCUT2D eigenvalue weighted by Gasteiger charge is -2.09. The normalized spacial score (nSPS) is 11.7. The summed E-state index contributed by atoms with van der Waals surface area (Å²) in [5.41, 5.74) is 4.37. The molecule has 108 valence electrons. The molecule has 0 spiro atoms. The molecule has 3 aromatic rings.